The molecule has 3 fully saturated rings. The first kappa shape index (κ1) is 102. The molecule has 111 heavy (non-hydrogen) atoms. The summed E-state index contributed by atoms with van der Waals surface area (Å²) < 4.78 is 34.5. The summed E-state index contributed by atoms with van der Waals surface area (Å²) in [5, 5.41) is 121. The van der Waals surface area contributed by atoms with E-state index in [0.29, 0.717) is 12.8 Å². The Morgan fingerprint density at radius 3 is 1.01 bits per heavy atom. The van der Waals surface area contributed by atoms with Crippen LogP contribution < -0.4 is 5.32 Å². The van der Waals surface area contributed by atoms with Gasteiger partial charge in [-0.1, -0.05) is 348 Å². The minimum Gasteiger partial charge on any atom is -0.394 e. The minimum atomic E-state index is -1.99. The van der Waals surface area contributed by atoms with Crippen molar-refractivity contribution in [3.8, 4) is 0 Å². The van der Waals surface area contributed by atoms with E-state index in [0.717, 1.165) is 96.3 Å². The number of rotatable bonds is 71. The molecule has 19 nitrogen and oxygen atoms in total. The molecule has 0 aromatic heterocycles. The van der Waals surface area contributed by atoms with Crippen molar-refractivity contribution < 1.29 is 89.4 Å². The van der Waals surface area contributed by atoms with Gasteiger partial charge in [-0.05, 0) is 89.9 Å². The molecule has 3 rings (SSSR count). The average molecular weight is 1570 g/mol. The first-order valence-electron chi connectivity index (χ1n) is 44.6. The van der Waals surface area contributed by atoms with Crippen molar-refractivity contribution in [1.82, 2.24) is 5.32 Å². The van der Waals surface area contributed by atoms with Crippen LogP contribution in [0.4, 0.5) is 0 Å². The first-order chi connectivity index (χ1) is 54.3. The number of nitrogens with one attached hydrogen (secondary N) is 1. The predicted octanol–water partition coefficient (Wildman–Crippen LogP) is 16.8. The maximum Gasteiger partial charge on any atom is 0.220 e. The molecule has 3 aliphatic rings. The molecule has 0 aromatic carbocycles. The maximum absolute atomic E-state index is 13.5. The van der Waals surface area contributed by atoms with E-state index in [1.165, 1.54) is 205 Å². The monoisotopic (exact) mass is 1570 g/mol. The lowest BCUT2D eigenvalue weighted by Crippen LogP contribution is -2.66. The zero-order valence-corrected chi connectivity index (χ0v) is 69.2. The van der Waals surface area contributed by atoms with Crippen molar-refractivity contribution in [3.63, 3.8) is 0 Å². The predicted molar refractivity (Wildman–Crippen MR) is 447 cm³/mol. The number of ether oxygens (including phenoxy) is 6. The van der Waals surface area contributed by atoms with Crippen LogP contribution in [0.2, 0.25) is 0 Å². The number of aliphatic hydroxyl groups excluding tert-OH is 11. The zero-order chi connectivity index (χ0) is 80.3. The van der Waals surface area contributed by atoms with Gasteiger partial charge in [-0.2, -0.15) is 0 Å². The molecular weight excluding hydrogens is 1410 g/mol. The molecule has 3 aliphatic heterocycles. The highest BCUT2D eigenvalue weighted by atomic mass is 16.8. The van der Waals surface area contributed by atoms with Crippen molar-refractivity contribution in [2.24, 2.45) is 0 Å². The Balaban J connectivity index is 1.35. The lowest BCUT2D eigenvalue weighted by molar-refractivity contribution is -0.379. The lowest BCUT2D eigenvalue weighted by Gasteiger charge is -2.48. The highest BCUT2D eigenvalue weighted by Crippen LogP contribution is 2.33. The Labute approximate surface area is 672 Å². The number of amides is 1. The third kappa shape index (κ3) is 49.3. The normalized spacial score (nSPS) is 25.6. The molecule has 0 aromatic rings. The van der Waals surface area contributed by atoms with Gasteiger partial charge in [0.1, 0.15) is 73.2 Å². The number of carbonyl (C=O) groups is 1. The summed E-state index contributed by atoms with van der Waals surface area (Å²) in [4.78, 5) is 13.5. The highest BCUT2D eigenvalue weighted by Gasteiger charge is 2.54. The van der Waals surface area contributed by atoms with Gasteiger partial charge < -0.3 is 89.9 Å². The van der Waals surface area contributed by atoms with Crippen LogP contribution >= 0.6 is 0 Å². The summed E-state index contributed by atoms with van der Waals surface area (Å²) in [6, 6.07) is -1.000. The van der Waals surface area contributed by atoms with E-state index in [9.17, 15) is 61.0 Å². The second kappa shape index (κ2) is 70.6. The van der Waals surface area contributed by atoms with Gasteiger partial charge in [0.05, 0.1) is 38.6 Å². The molecule has 0 aliphatic carbocycles. The zero-order valence-electron chi connectivity index (χ0n) is 69.2. The molecule has 0 spiro atoms. The van der Waals surface area contributed by atoms with E-state index in [4.69, 9.17) is 28.4 Å². The van der Waals surface area contributed by atoms with Crippen LogP contribution in [0.25, 0.3) is 0 Å². The Hall–Kier alpha value is -3.55. The molecule has 3 heterocycles. The maximum atomic E-state index is 13.5. The third-order valence-electron chi connectivity index (χ3n) is 21.6. The van der Waals surface area contributed by atoms with Crippen LogP contribution in [-0.2, 0) is 33.2 Å². The Kier molecular flexibility index (Phi) is 64.7. The molecule has 3 saturated heterocycles. The molecule has 0 bridgehead atoms. The Morgan fingerprint density at radius 2 is 0.631 bits per heavy atom. The average Bonchev–Trinajstić information content (AvgIpc) is 0.780. The topological polar surface area (TPSA) is 307 Å². The number of hydrogen-bond donors (Lipinski definition) is 12. The molecule has 0 radical (unpaired) electrons. The fourth-order valence-corrected chi connectivity index (χ4v) is 14.5. The highest BCUT2D eigenvalue weighted by molar-refractivity contribution is 5.76. The number of unbranched alkanes of at least 4 members (excludes halogenated alkanes) is 39. The van der Waals surface area contributed by atoms with E-state index in [1.807, 2.05) is 6.08 Å². The molecule has 0 saturated carbocycles. The van der Waals surface area contributed by atoms with Crippen molar-refractivity contribution >= 4 is 5.91 Å². The van der Waals surface area contributed by atoms with E-state index >= 15 is 0 Å². The Bertz CT molecular complexity index is 2430. The Morgan fingerprint density at radius 1 is 0.333 bits per heavy atom. The first-order valence-corrected chi connectivity index (χ1v) is 44.6. The van der Waals surface area contributed by atoms with Crippen molar-refractivity contribution in [2.45, 2.75) is 439 Å². The number of carbonyl (C=O) groups excluding carboxylic acids is 1. The molecule has 17 atom stereocenters. The molecule has 642 valence electrons. The van der Waals surface area contributed by atoms with Gasteiger partial charge >= 0.3 is 0 Å². The lowest BCUT2D eigenvalue weighted by atomic mass is 9.96. The molecular formula is C92H161NO18. The summed E-state index contributed by atoms with van der Waals surface area (Å²) in [6.07, 6.45) is 72.3. The number of hydrogen-bond acceptors (Lipinski definition) is 18. The van der Waals surface area contributed by atoms with Crippen LogP contribution in [-0.4, -0.2) is 193 Å². The summed E-state index contributed by atoms with van der Waals surface area (Å²) in [6.45, 7) is 1.64. The smallest absolute Gasteiger partial charge is 0.220 e. The molecule has 12 N–H and O–H groups in total. The molecule has 1 amide bonds. The van der Waals surface area contributed by atoms with Gasteiger partial charge in [0, 0.05) is 6.42 Å². The molecule has 17 unspecified atom stereocenters. The fraction of sp³-hybridized carbons (Fsp3) is 0.793. The van der Waals surface area contributed by atoms with Crippen molar-refractivity contribution in [2.75, 3.05) is 26.4 Å². The van der Waals surface area contributed by atoms with Crippen LogP contribution in [0.3, 0.4) is 0 Å². The van der Waals surface area contributed by atoms with Crippen LogP contribution in [0, 0.1) is 0 Å². The second-order valence-corrected chi connectivity index (χ2v) is 31.3. The van der Waals surface area contributed by atoms with Gasteiger partial charge in [0.25, 0.3) is 0 Å². The van der Waals surface area contributed by atoms with Gasteiger partial charge in [-0.15, -0.1) is 0 Å². The third-order valence-corrected chi connectivity index (χ3v) is 21.6. The SMILES string of the molecule is CC/C=C\C/C=C\C/C=C\C/C=C\C/C=C\C/C=C\C/C=C\CCCCCCCCCCCCCCCC(=O)NC(COC1OC(CO)C(OC2OC(CO)C(OC3OC(CO)C(O)C(O)C3O)C(O)C2O)C(O)C1O)C(O)/C=C/CC/C=C/CCCCCCCCCCCCCCCCCCCCCCCCCCC. The van der Waals surface area contributed by atoms with E-state index in [-0.39, 0.29) is 18.9 Å². The summed E-state index contributed by atoms with van der Waals surface area (Å²) in [5.41, 5.74) is 0. The quantitative estimate of drug-likeness (QED) is 0.0199. The van der Waals surface area contributed by atoms with Gasteiger partial charge in [-0.25, -0.2) is 0 Å². The summed E-state index contributed by atoms with van der Waals surface area (Å²) in [7, 11) is 0. The van der Waals surface area contributed by atoms with Crippen LogP contribution in [0.5, 0.6) is 0 Å². The van der Waals surface area contributed by atoms with Crippen molar-refractivity contribution in [3.05, 3.63) is 109 Å². The van der Waals surface area contributed by atoms with Gasteiger partial charge in [-0.3, -0.25) is 4.79 Å². The van der Waals surface area contributed by atoms with Crippen LogP contribution in [0.1, 0.15) is 335 Å². The van der Waals surface area contributed by atoms with E-state index < -0.39 is 124 Å². The second-order valence-electron chi connectivity index (χ2n) is 31.3. The number of allylic oxidation sites excluding steroid dienone is 17. The largest absolute Gasteiger partial charge is 0.394 e. The summed E-state index contributed by atoms with van der Waals surface area (Å²) >= 11 is 0. The fourth-order valence-electron chi connectivity index (χ4n) is 14.5. The standard InChI is InChI=1S/C92H161NO18/c1-3-5-7-9-11-13-15-17-19-21-23-25-27-29-31-33-35-36-37-38-40-42-44-46-48-50-52-54-56-58-60-62-64-66-68-70-80(98)93-75(76(97)69-67-65-63-61-59-57-55-53-51-49-47-45-43-41-39-34-32-30-28-26-24-22-20-18-16-14-12-10-8-6-4-2)74-106-90-86(104)83(101)88(78(72-95)108-90)111-92-87(105)84(102)89(79(73-96)109-92)110-91-85(103)82(100)81(99)77(71-94)107-91/h5,7,11,13,17,19,23,25,29,31,35-36,38,40,59,61,67,69,75-79,81-92,94-97,99-105H,3-4,6,8-10,12,14-16,18,20-22,24,26-28,30,32-34,37,39,41-58,60,62-66,68,70-74H2,1-2H3,(H,93,98)/b7-5-,13-11-,19-17-,25-23-,31-29-,36-35-,40-38-,61-59+,69-67+. The van der Waals surface area contributed by atoms with Gasteiger partial charge in [0.15, 0.2) is 18.9 Å². The summed E-state index contributed by atoms with van der Waals surface area (Å²) in [5.74, 6) is -0.287. The van der Waals surface area contributed by atoms with Crippen LogP contribution in [0.15, 0.2) is 109 Å². The van der Waals surface area contributed by atoms with E-state index in [2.05, 4.69) is 116 Å². The minimum absolute atomic E-state index is 0.229. The van der Waals surface area contributed by atoms with E-state index in [1.54, 1.807) is 6.08 Å². The van der Waals surface area contributed by atoms with Gasteiger partial charge in [0.2, 0.25) is 5.91 Å². The van der Waals surface area contributed by atoms with Crippen molar-refractivity contribution in [1.29, 1.82) is 0 Å². The number of aliphatic hydroxyl groups is 11. The molecule has 19 heteroatoms.